The van der Waals surface area contributed by atoms with Gasteiger partial charge in [-0.05, 0) is 48.6 Å². The normalized spacial score (nSPS) is 10.7. The van der Waals surface area contributed by atoms with Crippen LogP contribution in [-0.2, 0) is 4.79 Å². The number of nitrogens with zero attached hydrogens (tertiary/aromatic N) is 2. The Morgan fingerprint density at radius 2 is 2.00 bits per heavy atom. The third kappa shape index (κ3) is 4.67. The average molecular weight is 430 g/mol. The van der Waals surface area contributed by atoms with Crippen molar-refractivity contribution in [1.82, 2.24) is 9.78 Å². The highest BCUT2D eigenvalue weighted by Gasteiger charge is 2.12. The second-order valence-electron chi connectivity index (χ2n) is 4.98. The van der Waals surface area contributed by atoms with Gasteiger partial charge in [-0.25, -0.2) is 13.5 Å². The first-order valence-corrected chi connectivity index (χ1v) is 9.75. The summed E-state index contributed by atoms with van der Waals surface area (Å²) in [6.45, 7) is 0. The number of halogens is 3. The van der Waals surface area contributed by atoms with Crippen LogP contribution in [0.15, 0.2) is 46.8 Å². The Hall–Kier alpha value is -1.81. The molecule has 0 unspecified atom stereocenters. The van der Waals surface area contributed by atoms with Gasteiger partial charge in [-0.2, -0.15) is 0 Å². The highest BCUT2D eigenvalue weighted by atomic mass is 35.5. The summed E-state index contributed by atoms with van der Waals surface area (Å²) >= 11 is 13.6. The molecular weight excluding hydrogens is 420 g/mol. The number of benzene rings is 2. The van der Waals surface area contributed by atoms with Crippen molar-refractivity contribution in [3.63, 3.8) is 0 Å². The van der Waals surface area contributed by atoms with Crippen molar-refractivity contribution in [1.29, 1.82) is 0 Å². The van der Waals surface area contributed by atoms with Crippen molar-refractivity contribution in [2.75, 3.05) is 11.1 Å². The van der Waals surface area contributed by atoms with Crippen molar-refractivity contribution < 1.29 is 13.6 Å². The van der Waals surface area contributed by atoms with Gasteiger partial charge in [-0.3, -0.25) is 4.79 Å². The number of anilines is 1. The van der Waals surface area contributed by atoms with E-state index in [-0.39, 0.29) is 11.4 Å². The van der Waals surface area contributed by atoms with E-state index in [0.29, 0.717) is 13.3 Å². The van der Waals surface area contributed by atoms with Crippen molar-refractivity contribution in [3.8, 4) is 5.69 Å². The average Bonchev–Trinajstić information content (AvgIpc) is 2.98. The predicted molar refractivity (Wildman–Crippen MR) is 103 cm³/mol. The molecule has 0 atom stereocenters. The van der Waals surface area contributed by atoms with Gasteiger partial charge in [0.05, 0.1) is 17.1 Å². The Balaban J connectivity index is 1.65. The third-order valence-electron chi connectivity index (χ3n) is 3.13. The number of hydrogen-bond acceptors (Lipinski definition) is 5. The van der Waals surface area contributed by atoms with Crippen LogP contribution in [0.2, 0.25) is 5.02 Å². The van der Waals surface area contributed by atoms with Crippen molar-refractivity contribution in [2.24, 2.45) is 0 Å². The quantitative estimate of drug-likeness (QED) is 0.440. The van der Waals surface area contributed by atoms with E-state index in [1.807, 2.05) is 0 Å². The van der Waals surface area contributed by atoms with Crippen LogP contribution >= 0.6 is 46.9 Å². The summed E-state index contributed by atoms with van der Waals surface area (Å²) in [5.41, 5.74) is 0.559. The summed E-state index contributed by atoms with van der Waals surface area (Å²) in [6.07, 6.45) is 0. The van der Waals surface area contributed by atoms with Gasteiger partial charge in [-0.15, -0.1) is 5.10 Å². The molecule has 2 aromatic carbocycles. The third-order valence-corrected chi connectivity index (χ3v) is 5.75. The van der Waals surface area contributed by atoms with Gasteiger partial charge in [0.1, 0.15) is 11.6 Å². The molecule has 3 rings (SSSR count). The Kier molecular flexibility index (Phi) is 6.02. The first-order chi connectivity index (χ1) is 12.4. The number of rotatable bonds is 5. The molecule has 0 spiro atoms. The molecule has 0 saturated carbocycles. The molecule has 0 radical (unpaired) electrons. The number of hydrogen-bond donors (Lipinski definition) is 1. The fraction of sp³-hybridized carbons (Fsp3) is 0.0625. The minimum atomic E-state index is -0.701. The SMILES string of the molecule is O=C(CSc1nn(-c2ccc(Cl)cc2)c(=S)s1)Nc1cc(F)ccc1F. The van der Waals surface area contributed by atoms with Gasteiger partial charge in [-0.1, -0.05) is 34.7 Å². The zero-order valence-corrected chi connectivity index (χ0v) is 16.1. The second kappa shape index (κ2) is 8.26. The fourth-order valence-electron chi connectivity index (χ4n) is 1.97. The zero-order chi connectivity index (χ0) is 18.7. The van der Waals surface area contributed by atoms with Crippen LogP contribution < -0.4 is 5.32 Å². The van der Waals surface area contributed by atoms with Crippen LogP contribution in [0.5, 0.6) is 0 Å². The van der Waals surface area contributed by atoms with Crippen LogP contribution in [0.3, 0.4) is 0 Å². The standard InChI is InChI=1S/C16H10ClF2N3OS3/c17-9-1-4-11(5-2-9)22-16(24)26-15(21-22)25-8-14(23)20-13-7-10(18)3-6-12(13)19/h1-7H,8H2,(H,20,23). The van der Waals surface area contributed by atoms with Gasteiger partial charge in [0.15, 0.2) is 8.29 Å². The molecule has 3 aromatic rings. The van der Waals surface area contributed by atoms with Gasteiger partial charge >= 0.3 is 0 Å². The Labute approximate surface area is 165 Å². The summed E-state index contributed by atoms with van der Waals surface area (Å²) in [6, 6.07) is 9.89. The number of thioether (sulfide) groups is 1. The topological polar surface area (TPSA) is 46.9 Å². The maximum Gasteiger partial charge on any atom is 0.234 e. The largest absolute Gasteiger partial charge is 0.323 e. The smallest absolute Gasteiger partial charge is 0.234 e. The molecule has 1 N–H and O–H groups in total. The van der Waals surface area contributed by atoms with Crippen molar-refractivity contribution in [2.45, 2.75) is 4.34 Å². The summed E-state index contributed by atoms with van der Waals surface area (Å²) in [5, 5.41) is 7.30. The van der Waals surface area contributed by atoms with Crippen LogP contribution in [0.25, 0.3) is 5.69 Å². The molecule has 134 valence electrons. The first kappa shape index (κ1) is 19.0. The summed E-state index contributed by atoms with van der Waals surface area (Å²) in [5.74, 6) is -1.82. The van der Waals surface area contributed by atoms with E-state index in [9.17, 15) is 13.6 Å². The lowest BCUT2D eigenvalue weighted by atomic mass is 10.3. The zero-order valence-electron chi connectivity index (χ0n) is 12.9. The molecule has 1 heterocycles. The van der Waals surface area contributed by atoms with Gasteiger partial charge in [0, 0.05) is 11.1 Å². The Bertz CT molecular complexity index is 1000. The molecule has 1 amide bonds. The second-order valence-corrected chi connectivity index (χ2v) is 8.26. The number of aromatic nitrogens is 2. The summed E-state index contributed by atoms with van der Waals surface area (Å²) in [4.78, 5) is 12.0. The Morgan fingerprint density at radius 3 is 2.73 bits per heavy atom. The monoisotopic (exact) mass is 429 g/mol. The molecule has 4 nitrogen and oxygen atoms in total. The van der Waals surface area contributed by atoms with Crippen LogP contribution in [0, 0.1) is 15.6 Å². The maximum atomic E-state index is 13.5. The highest BCUT2D eigenvalue weighted by molar-refractivity contribution is 8.01. The molecule has 1 aromatic heterocycles. The lowest BCUT2D eigenvalue weighted by Crippen LogP contribution is -2.15. The van der Waals surface area contributed by atoms with Crippen LogP contribution in [0.4, 0.5) is 14.5 Å². The van der Waals surface area contributed by atoms with Gasteiger partial charge in [0.2, 0.25) is 5.91 Å². The molecule has 10 heteroatoms. The maximum absolute atomic E-state index is 13.5. The minimum absolute atomic E-state index is 0.0150. The van der Waals surface area contributed by atoms with Crippen molar-refractivity contribution in [3.05, 3.63) is 63.1 Å². The van der Waals surface area contributed by atoms with E-state index in [2.05, 4.69) is 10.4 Å². The molecule has 0 fully saturated rings. The Morgan fingerprint density at radius 1 is 1.27 bits per heavy atom. The van der Waals surface area contributed by atoms with E-state index in [1.165, 1.54) is 11.3 Å². The first-order valence-electron chi connectivity index (χ1n) is 7.16. The van der Waals surface area contributed by atoms with Crippen LogP contribution in [-0.4, -0.2) is 21.4 Å². The summed E-state index contributed by atoms with van der Waals surface area (Å²) < 4.78 is 29.3. The van der Waals surface area contributed by atoms with E-state index < -0.39 is 17.5 Å². The van der Waals surface area contributed by atoms with E-state index >= 15 is 0 Å². The van der Waals surface area contributed by atoms with Crippen molar-refractivity contribution >= 4 is 58.5 Å². The number of amides is 1. The van der Waals surface area contributed by atoms with Crippen LogP contribution in [0.1, 0.15) is 0 Å². The molecule has 0 aliphatic rings. The molecule has 0 bridgehead atoms. The van der Waals surface area contributed by atoms with E-state index in [0.717, 1.165) is 35.6 Å². The van der Waals surface area contributed by atoms with E-state index in [1.54, 1.807) is 28.9 Å². The predicted octanol–water partition coefficient (Wildman–Crippen LogP) is 5.33. The molecule has 0 saturated heterocycles. The number of carbonyl (C=O) groups is 1. The molecule has 0 aliphatic carbocycles. The highest BCUT2D eigenvalue weighted by Crippen LogP contribution is 2.25. The minimum Gasteiger partial charge on any atom is -0.323 e. The molecule has 0 aliphatic heterocycles. The van der Waals surface area contributed by atoms with E-state index in [4.69, 9.17) is 23.8 Å². The molecular formula is C16H10ClF2N3OS3. The van der Waals surface area contributed by atoms with Gasteiger partial charge in [0.25, 0.3) is 0 Å². The number of nitrogens with one attached hydrogen (secondary N) is 1. The summed E-state index contributed by atoms with van der Waals surface area (Å²) in [7, 11) is 0. The lowest BCUT2D eigenvalue weighted by molar-refractivity contribution is -0.113. The lowest BCUT2D eigenvalue weighted by Gasteiger charge is -2.05. The fourth-order valence-corrected chi connectivity index (χ4v) is 4.26. The number of carbonyl (C=O) groups excluding carboxylic acids is 1. The van der Waals surface area contributed by atoms with Gasteiger partial charge < -0.3 is 5.32 Å². The molecule has 26 heavy (non-hydrogen) atoms.